The van der Waals surface area contributed by atoms with Gasteiger partial charge in [0.1, 0.15) is 6.04 Å². The summed E-state index contributed by atoms with van der Waals surface area (Å²) in [6, 6.07) is 5.73. The molecule has 120 valence electrons. The number of nitrogens with zero attached hydrogens (tertiary/aromatic N) is 1. The molecule has 2 aliphatic heterocycles. The molecule has 0 saturated carbocycles. The minimum absolute atomic E-state index is 0.0473. The Labute approximate surface area is 135 Å². The van der Waals surface area contributed by atoms with Gasteiger partial charge in [0.15, 0.2) is 0 Å². The molecule has 5 nitrogen and oxygen atoms in total. The van der Waals surface area contributed by atoms with Gasteiger partial charge in [0.25, 0.3) is 0 Å². The van der Waals surface area contributed by atoms with E-state index in [-0.39, 0.29) is 17.9 Å². The maximum Gasteiger partial charge on any atom is 0.247 e. The predicted molar refractivity (Wildman–Crippen MR) is 88.0 cm³/mol. The molecule has 0 radical (unpaired) electrons. The summed E-state index contributed by atoms with van der Waals surface area (Å²) in [5.74, 6) is 0.293. The highest BCUT2D eigenvalue weighted by atomic mass is 16.2. The number of piperidine rings is 1. The molecule has 1 saturated heterocycles. The Bertz CT molecular complexity index is 793. The maximum atomic E-state index is 12.8. The van der Waals surface area contributed by atoms with E-state index in [0.717, 1.165) is 22.9 Å². The molecule has 2 amide bonds. The number of hydrogen-bond donors (Lipinski definition) is 2. The fourth-order valence-electron chi connectivity index (χ4n) is 3.99. The van der Waals surface area contributed by atoms with Crippen molar-refractivity contribution >= 4 is 22.7 Å². The zero-order valence-corrected chi connectivity index (χ0v) is 13.4. The van der Waals surface area contributed by atoms with Crippen molar-refractivity contribution in [1.29, 1.82) is 0 Å². The highest BCUT2D eigenvalue weighted by Gasteiger charge is 2.41. The van der Waals surface area contributed by atoms with E-state index in [1.54, 1.807) is 4.90 Å². The third kappa shape index (κ3) is 2.14. The fraction of sp³-hybridized carbons (Fsp3) is 0.444. The molecule has 2 bridgehead atoms. The van der Waals surface area contributed by atoms with Crippen LogP contribution in [-0.4, -0.2) is 34.3 Å². The molecule has 0 aliphatic carbocycles. The van der Waals surface area contributed by atoms with Crippen LogP contribution in [0.2, 0.25) is 0 Å². The molecule has 3 heterocycles. The van der Waals surface area contributed by atoms with Gasteiger partial charge < -0.3 is 15.2 Å². The Balaban J connectivity index is 1.92. The molecule has 1 fully saturated rings. The van der Waals surface area contributed by atoms with Crippen LogP contribution >= 0.6 is 0 Å². The summed E-state index contributed by atoms with van der Waals surface area (Å²) in [4.78, 5) is 30.4. The van der Waals surface area contributed by atoms with Crippen molar-refractivity contribution in [2.24, 2.45) is 0 Å². The molecule has 2 N–H and O–H groups in total. The average Bonchev–Trinajstić information content (AvgIpc) is 2.87. The Morgan fingerprint density at radius 2 is 2.17 bits per heavy atom. The van der Waals surface area contributed by atoms with Crippen LogP contribution in [0.4, 0.5) is 0 Å². The number of rotatable bonds is 2. The summed E-state index contributed by atoms with van der Waals surface area (Å²) in [5, 5.41) is 4.10. The largest absolute Gasteiger partial charge is 0.361 e. The second-order valence-corrected chi connectivity index (χ2v) is 6.86. The van der Waals surface area contributed by atoms with Crippen molar-refractivity contribution < 1.29 is 9.59 Å². The van der Waals surface area contributed by atoms with E-state index in [9.17, 15) is 9.59 Å². The molecule has 4 rings (SSSR count). The second kappa shape index (κ2) is 5.11. The molecule has 2 atom stereocenters. The average molecular weight is 311 g/mol. The number of H-pyrrole nitrogens is 1. The number of hydrogen-bond acceptors (Lipinski definition) is 2. The fourth-order valence-corrected chi connectivity index (χ4v) is 3.99. The lowest BCUT2D eigenvalue weighted by Gasteiger charge is -2.35. The van der Waals surface area contributed by atoms with Crippen molar-refractivity contribution in [1.82, 2.24) is 15.2 Å². The third-order valence-corrected chi connectivity index (χ3v) is 4.94. The number of carbonyl (C=O) groups excluding carboxylic acids is 2. The summed E-state index contributed by atoms with van der Waals surface area (Å²) >= 11 is 0. The van der Waals surface area contributed by atoms with Gasteiger partial charge in [-0.25, -0.2) is 0 Å². The highest BCUT2D eigenvalue weighted by Crippen LogP contribution is 2.42. The first-order valence-corrected chi connectivity index (χ1v) is 8.26. The Morgan fingerprint density at radius 3 is 2.96 bits per heavy atom. The van der Waals surface area contributed by atoms with Gasteiger partial charge in [0.2, 0.25) is 11.8 Å². The van der Waals surface area contributed by atoms with Gasteiger partial charge in [0, 0.05) is 47.6 Å². The van der Waals surface area contributed by atoms with E-state index in [2.05, 4.69) is 16.4 Å². The summed E-state index contributed by atoms with van der Waals surface area (Å²) in [6.45, 7) is 4.51. The molecule has 1 aromatic heterocycles. The quantitative estimate of drug-likeness (QED) is 0.895. The molecular weight excluding hydrogens is 290 g/mol. The van der Waals surface area contributed by atoms with Crippen LogP contribution in [0, 0.1) is 0 Å². The minimum atomic E-state index is -0.537. The van der Waals surface area contributed by atoms with Crippen molar-refractivity contribution in [3.8, 4) is 0 Å². The van der Waals surface area contributed by atoms with E-state index in [1.807, 2.05) is 32.2 Å². The van der Waals surface area contributed by atoms with Crippen LogP contribution in [0.25, 0.3) is 10.9 Å². The third-order valence-electron chi connectivity index (χ3n) is 4.94. The van der Waals surface area contributed by atoms with Crippen molar-refractivity contribution in [2.45, 2.75) is 44.7 Å². The molecular formula is C18H21N3O2. The van der Waals surface area contributed by atoms with E-state index in [0.29, 0.717) is 18.9 Å². The van der Waals surface area contributed by atoms with E-state index >= 15 is 0 Å². The summed E-state index contributed by atoms with van der Waals surface area (Å²) in [7, 11) is 0. The van der Waals surface area contributed by atoms with Crippen molar-refractivity contribution in [2.75, 3.05) is 6.54 Å². The van der Waals surface area contributed by atoms with Gasteiger partial charge >= 0.3 is 0 Å². The SMILES string of the molecule is CC(C)NC(=O)[C@@H]1c2c[nH]c3cccc(c23)[C@H]2CCC(=O)N1C2. The summed E-state index contributed by atoms with van der Waals surface area (Å²) in [5.41, 5.74) is 3.23. The predicted octanol–water partition coefficient (Wildman–Crippen LogP) is 2.45. The topological polar surface area (TPSA) is 65.2 Å². The molecule has 5 heteroatoms. The molecule has 1 aromatic carbocycles. The number of benzene rings is 1. The maximum absolute atomic E-state index is 12.8. The monoisotopic (exact) mass is 311 g/mol. The zero-order chi connectivity index (χ0) is 16.1. The highest BCUT2D eigenvalue weighted by molar-refractivity contribution is 5.97. The first-order chi connectivity index (χ1) is 11.1. The zero-order valence-electron chi connectivity index (χ0n) is 13.4. The Kier molecular flexibility index (Phi) is 3.18. The van der Waals surface area contributed by atoms with Gasteiger partial charge in [0.05, 0.1) is 0 Å². The van der Waals surface area contributed by atoms with Crippen LogP contribution in [0.15, 0.2) is 24.4 Å². The number of fused-ring (bicyclic) bond motifs is 3. The smallest absolute Gasteiger partial charge is 0.247 e. The van der Waals surface area contributed by atoms with E-state index in [1.165, 1.54) is 5.56 Å². The van der Waals surface area contributed by atoms with Crippen LogP contribution < -0.4 is 5.32 Å². The number of carbonyl (C=O) groups is 2. The number of aromatic nitrogens is 1. The first-order valence-electron chi connectivity index (χ1n) is 8.26. The second-order valence-electron chi connectivity index (χ2n) is 6.86. The van der Waals surface area contributed by atoms with E-state index < -0.39 is 6.04 Å². The lowest BCUT2D eigenvalue weighted by Crippen LogP contribution is -2.47. The molecule has 0 unspecified atom stereocenters. The van der Waals surface area contributed by atoms with E-state index in [4.69, 9.17) is 0 Å². The van der Waals surface area contributed by atoms with Crippen LogP contribution in [0.1, 0.15) is 49.8 Å². The van der Waals surface area contributed by atoms with Crippen molar-refractivity contribution in [3.05, 3.63) is 35.5 Å². The lowest BCUT2D eigenvalue weighted by molar-refractivity contribution is -0.143. The van der Waals surface area contributed by atoms with Crippen molar-refractivity contribution in [3.63, 3.8) is 0 Å². The molecule has 2 aliphatic rings. The summed E-state index contributed by atoms with van der Waals surface area (Å²) < 4.78 is 0. The first kappa shape index (κ1) is 14.3. The number of aromatic amines is 1. The summed E-state index contributed by atoms with van der Waals surface area (Å²) in [6.07, 6.45) is 3.27. The van der Waals surface area contributed by atoms with Gasteiger partial charge in [-0.1, -0.05) is 12.1 Å². The number of nitrogens with one attached hydrogen (secondary N) is 2. The van der Waals surface area contributed by atoms with Gasteiger partial charge in [-0.2, -0.15) is 0 Å². The van der Waals surface area contributed by atoms with Gasteiger partial charge in [-0.3, -0.25) is 9.59 Å². The molecule has 2 aromatic rings. The molecule has 23 heavy (non-hydrogen) atoms. The van der Waals surface area contributed by atoms with Gasteiger partial charge in [-0.05, 0) is 31.9 Å². The van der Waals surface area contributed by atoms with Crippen LogP contribution in [0.3, 0.4) is 0 Å². The number of amides is 2. The standard InChI is InChI=1S/C18H21N3O2/c1-10(2)20-18(23)17-13-8-19-14-5-3-4-12(16(13)14)11-6-7-15(22)21(17)9-11/h3-5,8,10-11,17,19H,6-7,9H2,1-2H3,(H,20,23)/t11-,17-/m0/s1. The van der Waals surface area contributed by atoms with Crippen LogP contribution in [-0.2, 0) is 9.59 Å². The normalized spacial score (nSPS) is 23.3. The lowest BCUT2D eigenvalue weighted by atomic mass is 9.89. The van der Waals surface area contributed by atoms with Gasteiger partial charge in [-0.15, -0.1) is 0 Å². The minimum Gasteiger partial charge on any atom is -0.361 e. The Hall–Kier alpha value is -2.30. The Morgan fingerprint density at radius 1 is 1.35 bits per heavy atom. The van der Waals surface area contributed by atoms with Crippen LogP contribution in [0.5, 0.6) is 0 Å². The molecule has 0 spiro atoms.